The molecular weight excluding hydrogens is 385 g/mol. The van der Waals surface area contributed by atoms with E-state index < -0.39 is 23.3 Å². The summed E-state index contributed by atoms with van der Waals surface area (Å²) >= 11 is 0. The summed E-state index contributed by atoms with van der Waals surface area (Å²) in [5.74, 6) is -1.03. The minimum absolute atomic E-state index is 0.180. The molecule has 0 aromatic heterocycles. The molecule has 1 aliphatic heterocycles. The first-order chi connectivity index (χ1) is 14.4. The maximum atomic E-state index is 13.4. The van der Waals surface area contributed by atoms with Crippen molar-refractivity contribution in [1.29, 1.82) is 0 Å². The molecular formula is C23H32FN3O3. The fourth-order valence-corrected chi connectivity index (χ4v) is 4.71. The van der Waals surface area contributed by atoms with Crippen molar-refractivity contribution in [3.8, 4) is 0 Å². The number of hydrogen-bond acceptors (Lipinski definition) is 3. The van der Waals surface area contributed by atoms with Crippen molar-refractivity contribution in [3.63, 3.8) is 0 Å². The zero-order valence-electron chi connectivity index (χ0n) is 18.0. The average Bonchev–Trinajstić information content (AvgIpc) is 2.99. The van der Waals surface area contributed by atoms with Crippen molar-refractivity contribution in [3.05, 3.63) is 35.6 Å². The van der Waals surface area contributed by atoms with Gasteiger partial charge in [-0.2, -0.15) is 0 Å². The van der Waals surface area contributed by atoms with Gasteiger partial charge in [-0.25, -0.2) is 9.18 Å². The molecule has 6 nitrogen and oxygen atoms in total. The summed E-state index contributed by atoms with van der Waals surface area (Å²) in [6.07, 6.45) is 7.29. The molecule has 1 aromatic carbocycles. The third-order valence-corrected chi connectivity index (χ3v) is 6.39. The fourth-order valence-electron chi connectivity index (χ4n) is 4.71. The van der Waals surface area contributed by atoms with E-state index in [2.05, 4.69) is 5.32 Å². The van der Waals surface area contributed by atoms with Crippen LogP contribution in [-0.2, 0) is 15.1 Å². The minimum Gasteiger partial charge on any atom is -0.338 e. The lowest BCUT2D eigenvalue weighted by molar-refractivity contribution is -0.141. The molecule has 1 aliphatic carbocycles. The number of urea groups is 1. The summed E-state index contributed by atoms with van der Waals surface area (Å²) in [5, 5.41) is 2.82. The zero-order valence-corrected chi connectivity index (χ0v) is 18.0. The molecule has 0 bridgehead atoms. The third kappa shape index (κ3) is 4.35. The van der Waals surface area contributed by atoms with E-state index in [4.69, 9.17) is 0 Å². The quantitative estimate of drug-likeness (QED) is 0.651. The van der Waals surface area contributed by atoms with E-state index in [1.165, 1.54) is 30.7 Å². The number of hydrogen-bond donors (Lipinski definition) is 1. The van der Waals surface area contributed by atoms with E-state index in [1.54, 1.807) is 0 Å². The number of nitrogens with one attached hydrogen (secondary N) is 1. The van der Waals surface area contributed by atoms with Crippen LogP contribution in [0, 0.1) is 5.82 Å². The second kappa shape index (κ2) is 9.58. The third-order valence-electron chi connectivity index (χ3n) is 6.39. The van der Waals surface area contributed by atoms with Gasteiger partial charge in [0, 0.05) is 12.6 Å². The highest BCUT2D eigenvalue weighted by Gasteiger charge is 2.52. The van der Waals surface area contributed by atoms with Gasteiger partial charge >= 0.3 is 6.03 Å². The number of likely N-dealkylation sites (N-methyl/N-ethyl adjacent to an activating group) is 1. The van der Waals surface area contributed by atoms with Crippen molar-refractivity contribution >= 4 is 17.8 Å². The lowest BCUT2D eigenvalue weighted by Crippen LogP contribution is -2.48. The van der Waals surface area contributed by atoms with E-state index in [9.17, 15) is 18.8 Å². The second-order valence-electron chi connectivity index (χ2n) is 8.31. The van der Waals surface area contributed by atoms with Gasteiger partial charge in [0.25, 0.3) is 5.91 Å². The number of nitrogens with zero attached hydrogens (tertiary/aromatic N) is 2. The molecule has 1 saturated carbocycles. The molecule has 2 fully saturated rings. The summed E-state index contributed by atoms with van der Waals surface area (Å²) in [6, 6.07) is 5.27. The lowest BCUT2D eigenvalue weighted by atomic mass is 9.84. The van der Waals surface area contributed by atoms with Crippen molar-refractivity contribution in [2.45, 2.75) is 76.8 Å². The van der Waals surface area contributed by atoms with E-state index in [0.717, 1.165) is 37.0 Å². The zero-order chi connectivity index (χ0) is 21.7. The molecule has 1 N–H and O–H groups in total. The van der Waals surface area contributed by atoms with Gasteiger partial charge in [0.05, 0.1) is 0 Å². The van der Waals surface area contributed by atoms with Gasteiger partial charge in [-0.3, -0.25) is 14.5 Å². The van der Waals surface area contributed by atoms with E-state index in [-0.39, 0.29) is 18.5 Å². The van der Waals surface area contributed by atoms with Gasteiger partial charge in [-0.05, 0) is 43.9 Å². The molecule has 0 unspecified atom stereocenters. The van der Waals surface area contributed by atoms with Gasteiger partial charge in [0.2, 0.25) is 5.91 Å². The van der Waals surface area contributed by atoms with Gasteiger partial charge in [0.1, 0.15) is 17.9 Å². The van der Waals surface area contributed by atoms with Crippen LogP contribution in [0.4, 0.5) is 9.18 Å². The maximum absolute atomic E-state index is 13.4. The van der Waals surface area contributed by atoms with Crippen molar-refractivity contribution in [2.24, 2.45) is 0 Å². The van der Waals surface area contributed by atoms with Gasteiger partial charge < -0.3 is 10.2 Å². The van der Waals surface area contributed by atoms with Crippen LogP contribution in [0.15, 0.2) is 24.3 Å². The van der Waals surface area contributed by atoms with Crippen LogP contribution in [0.1, 0.15) is 70.8 Å². The number of halogens is 1. The average molecular weight is 418 g/mol. The predicted molar refractivity (Wildman–Crippen MR) is 112 cm³/mol. The van der Waals surface area contributed by atoms with Crippen molar-refractivity contribution in [2.75, 3.05) is 13.1 Å². The Kier molecular flexibility index (Phi) is 7.10. The summed E-state index contributed by atoms with van der Waals surface area (Å²) in [7, 11) is 0. The molecule has 4 amide bonds. The Labute approximate surface area is 177 Å². The topological polar surface area (TPSA) is 69.7 Å². The molecule has 30 heavy (non-hydrogen) atoms. The van der Waals surface area contributed by atoms with Gasteiger partial charge in [-0.15, -0.1) is 0 Å². The molecule has 0 radical (unpaired) electrons. The first-order valence-corrected chi connectivity index (χ1v) is 11.1. The van der Waals surface area contributed by atoms with Crippen molar-refractivity contribution in [1.82, 2.24) is 15.1 Å². The fraction of sp³-hybridized carbons (Fsp3) is 0.609. The second-order valence-corrected chi connectivity index (χ2v) is 8.31. The molecule has 7 heteroatoms. The number of benzene rings is 1. The van der Waals surface area contributed by atoms with Crippen LogP contribution in [0.25, 0.3) is 0 Å². The van der Waals surface area contributed by atoms with E-state index in [0.29, 0.717) is 24.9 Å². The molecule has 1 aromatic rings. The molecule has 1 atom stereocenters. The predicted octanol–water partition coefficient (Wildman–Crippen LogP) is 3.94. The summed E-state index contributed by atoms with van der Waals surface area (Å²) in [4.78, 5) is 42.1. The van der Waals surface area contributed by atoms with Crippen LogP contribution >= 0.6 is 0 Å². The van der Waals surface area contributed by atoms with Crippen LogP contribution in [0.3, 0.4) is 0 Å². The first-order valence-electron chi connectivity index (χ1n) is 11.1. The lowest BCUT2D eigenvalue weighted by Gasteiger charge is -2.34. The Bertz CT molecular complexity index is 776. The summed E-state index contributed by atoms with van der Waals surface area (Å²) in [6.45, 7) is 4.24. The van der Waals surface area contributed by atoms with Gasteiger partial charge in [-0.1, -0.05) is 51.2 Å². The highest BCUT2D eigenvalue weighted by Crippen LogP contribution is 2.34. The SMILES string of the molecule is CCCC[C@]1(c2ccc(F)cc2)NC(=O)N(CC(=O)N(CC)C2CCCCC2)C1=O. The minimum atomic E-state index is -1.25. The summed E-state index contributed by atoms with van der Waals surface area (Å²) in [5.41, 5.74) is -0.701. The monoisotopic (exact) mass is 417 g/mol. The van der Waals surface area contributed by atoms with Crippen LogP contribution in [-0.4, -0.2) is 46.8 Å². The Balaban J connectivity index is 1.82. The maximum Gasteiger partial charge on any atom is 0.325 e. The highest BCUT2D eigenvalue weighted by molar-refractivity contribution is 6.09. The summed E-state index contributed by atoms with van der Waals surface area (Å²) < 4.78 is 13.4. The molecule has 164 valence electrons. The van der Waals surface area contributed by atoms with Crippen LogP contribution in [0.5, 0.6) is 0 Å². The van der Waals surface area contributed by atoms with Crippen LogP contribution in [0.2, 0.25) is 0 Å². The Hall–Kier alpha value is -2.44. The van der Waals surface area contributed by atoms with E-state index in [1.807, 2.05) is 18.7 Å². The van der Waals surface area contributed by atoms with Crippen LogP contribution < -0.4 is 5.32 Å². The number of rotatable bonds is 8. The molecule has 3 rings (SSSR count). The number of carbonyl (C=O) groups excluding carboxylic acids is 3. The highest BCUT2D eigenvalue weighted by atomic mass is 19.1. The van der Waals surface area contributed by atoms with Crippen molar-refractivity contribution < 1.29 is 18.8 Å². The van der Waals surface area contributed by atoms with Gasteiger partial charge in [0.15, 0.2) is 0 Å². The molecule has 1 saturated heterocycles. The molecule has 1 heterocycles. The standard InChI is InChI=1S/C23H32FN3O3/c1-3-5-15-23(17-11-13-18(24)14-12-17)21(29)27(22(30)25-23)16-20(28)26(4-2)19-9-7-6-8-10-19/h11-14,19H,3-10,15-16H2,1-2H3,(H,25,30)/t23-/m1/s1. The number of amides is 4. The Morgan fingerprint density at radius 1 is 1.17 bits per heavy atom. The molecule has 0 spiro atoms. The van der Waals surface area contributed by atoms with E-state index >= 15 is 0 Å². The molecule has 2 aliphatic rings. The number of imide groups is 1. The first kappa shape index (κ1) is 22.2. The Morgan fingerprint density at radius 2 is 1.83 bits per heavy atom. The number of carbonyl (C=O) groups is 3. The number of unbranched alkanes of at least 4 members (excludes halogenated alkanes) is 1. The normalized spacial score (nSPS) is 22.3. The smallest absolute Gasteiger partial charge is 0.325 e. The largest absolute Gasteiger partial charge is 0.338 e. The Morgan fingerprint density at radius 3 is 2.43 bits per heavy atom.